The maximum Gasteiger partial charge on any atom is 0.490 e. The molecule has 2 atom stereocenters. The minimum absolute atomic E-state index is 0.0894. The van der Waals surface area contributed by atoms with Crippen molar-refractivity contribution in [2.45, 2.75) is 51.6 Å². The van der Waals surface area contributed by atoms with Gasteiger partial charge in [-0.05, 0) is 49.4 Å². The number of nitrogens with one attached hydrogen (secondary N) is 1. The van der Waals surface area contributed by atoms with Crippen LogP contribution in [0.15, 0.2) is 36.4 Å². The molecule has 14 nitrogen and oxygen atoms in total. The molecule has 0 aliphatic heterocycles. The first-order valence-corrected chi connectivity index (χ1v) is 14.1. The van der Waals surface area contributed by atoms with Gasteiger partial charge in [-0.15, -0.1) is 11.3 Å². The van der Waals surface area contributed by atoms with Gasteiger partial charge in [-0.25, -0.2) is 14.4 Å². The van der Waals surface area contributed by atoms with Crippen molar-refractivity contribution in [2.24, 2.45) is 17.6 Å². The number of aliphatic carboxylic acids is 4. The molecule has 0 bridgehead atoms. The van der Waals surface area contributed by atoms with Gasteiger partial charge in [-0.1, -0.05) is 13.8 Å². The molecule has 0 amide bonds. The summed E-state index contributed by atoms with van der Waals surface area (Å²) >= 11 is 1.21. The third-order valence-corrected chi connectivity index (χ3v) is 6.83. The number of nitrogen functional groups attached to an aromatic ring is 1. The van der Waals surface area contributed by atoms with Gasteiger partial charge in [0, 0.05) is 23.4 Å². The van der Waals surface area contributed by atoms with E-state index in [1.165, 1.54) is 11.3 Å². The molecule has 1 aromatic heterocycles. The van der Waals surface area contributed by atoms with E-state index >= 15 is 0 Å². The molecule has 0 spiro atoms. The Hall–Kier alpha value is -5.05. The Bertz CT molecular complexity index is 1470. The summed E-state index contributed by atoms with van der Waals surface area (Å²) in [5, 5.41) is 39.9. The first kappa shape index (κ1) is 43.9. The lowest BCUT2D eigenvalue weighted by Crippen LogP contribution is -2.43. The molecule has 2 aromatic rings. The molecule has 7 N–H and O–H groups in total. The molecule has 2 rings (SSSR count). The van der Waals surface area contributed by atoms with Gasteiger partial charge in [-0.2, -0.15) is 26.3 Å². The summed E-state index contributed by atoms with van der Waals surface area (Å²) in [6.45, 7) is 4.00. The average Bonchev–Trinajstić information content (AvgIpc) is 3.40. The van der Waals surface area contributed by atoms with Crippen LogP contribution in [-0.4, -0.2) is 92.2 Å². The fourth-order valence-corrected chi connectivity index (χ4v) is 4.67. The number of thiophene rings is 1. The average molecular weight is 732 g/mol. The van der Waals surface area contributed by atoms with Crippen LogP contribution in [0.4, 0.5) is 26.3 Å². The number of benzene rings is 1. The topological polar surface area (TPSA) is 246 Å². The van der Waals surface area contributed by atoms with E-state index < -0.39 is 60.6 Å². The number of amidine groups is 1. The Morgan fingerprint density at radius 2 is 1.33 bits per heavy atom. The van der Waals surface area contributed by atoms with Crippen LogP contribution in [0.2, 0.25) is 0 Å². The molecule has 0 aliphatic carbocycles. The number of ketones is 1. The quantitative estimate of drug-likeness (QED) is 0.0559. The van der Waals surface area contributed by atoms with E-state index in [0.717, 1.165) is 4.88 Å². The van der Waals surface area contributed by atoms with Crippen LogP contribution in [0.3, 0.4) is 0 Å². The largest absolute Gasteiger partial charge is 0.490 e. The number of alkyl halides is 6. The number of nitrogens with two attached hydrogens (primary N) is 1. The standard InChI is InChI=1S/C24H29N3O7S.2C2HF3O2/c1-13(2)21(18(28)10-15(23(31)32)11-20(29)30)27(3)12-17-8-9-19(35-17)24(33)34-16-6-4-14(5-7-16)22(25)26;2*3-2(4,5)1(6)7/h4-9,13,15,21H,10-12H2,1-3H3,(H3,25,26)(H,29,30)(H,31,32);2*(H,6,7)/t15-,21-;;/m0../s1. The summed E-state index contributed by atoms with van der Waals surface area (Å²) in [6, 6.07) is 9.00. The van der Waals surface area contributed by atoms with Gasteiger partial charge in [0.2, 0.25) is 0 Å². The van der Waals surface area contributed by atoms with Crippen molar-refractivity contribution < 1.29 is 80.3 Å². The van der Waals surface area contributed by atoms with Gasteiger partial charge in [0.1, 0.15) is 16.5 Å². The third kappa shape index (κ3) is 16.6. The fraction of sp³-hybridized carbons (Fsp3) is 0.393. The number of carbonyl (C=O) groups excluding carboxylic acids is 2. The summed E-state index contributed by atoms with van der Waals surface area (Å²) in [5.74, 6) is -10.2. The Morgan fingerprint density at radius 3 is 1.69 bits per heavy atom. The molecule has 1 aromatic carbocycles. The zero-order valence-corrected chi connectivity index (χ0v) is 26.5. The third-order valence-electron chi connectivity index (χ3n) is 5.78. The summed E-state index contributed by atoms with van der Waals surface area (Å²) in [6.07, 6.45) is -11.2. The number of hydrogen-bond acceptors (Lipinski definition) is 10. The van der Waals surface area contributed by atoms with E-state index in [0.29, 0.717) is 22.7 Å². The van der Waals surface area contributed by atoms with E-state index in [2.05, 4.69) is 0 Å². The highest BCUT2D eigenvalue weighted by Gasteiger charge is 2.39. The van der Waals surface area contributed by atoms with Crippen molar-refractivity contribution in [3.63, 3.8) is 0 Å². The van der Waals surface area contributed by atoms with E-state index in [9.17, 15) is 50.6 Å². The monoisotopic (exact) mass is 731 g/mol. The predicted octanol–water partition coefficient (Wildman–Crippen LogP) is 4.11. The van der Waals surface area contributed by atoms with Crippen molar-refractivity contribution >= 4 is 52.8 Å². The van der Waals surface area contributed by atoms with Crippen LogP contribution < -0.4 is 10.5 Å². The number of carboxylic acids is 4. The van der Waals surface area contributed by atoms with Crippen molar-refractivity contribution in [3.8, 4) is 5.75 Å². The van der Waals surface area contributed by atoms with Gasteiger partial charge in [-0.3, -0.25) is 24.7 Å². The molecule has 49 heavy (non-hydrogen) atoms. The van der Waals surface area contributed by atoms with Gasteiger partial charge in [0.15, 0.2) is 5.78 Å². The smallest absolute Gasteiger partial charge is 0.481 e. The van der Waals surface area contributed by atoms with Crippen molar-refractivity contribution in [1.82, 2.24) is 4.90 Å². The first-order valence-electron chi connectivity index (χ1n) is 13.3. The van der Waals surface area contributed by atoms with Crippen LogP contribution in [0.5, 0.6) is 5.75 Å². The normalized spacial score (nSPS) is 12.4. The number of hydrogen-bond donors (Lipinski definition) is 6. The molecule has 272 valence electrons. The summed E-state index contributed by atoms with van der Waals surface area (Å²) in [7, 11) is 1.73. The van der Waals surface area contributed by atoms with Crippen molar-refractivity contribution in [3.05, 3.63) is 51.7 Å². The highest BCUT2D eigenvalue weighted by Crippen LogP contribution is 2.24. The summed E-state index contributed by atoms with van der Waals surface area (Å²) in [4.78, 5) is 68.5. The lowest BCUT2D eigenvalue weighted by molar-refractivity contribution is -0.193. The summed E-state index contributed by atoms with van der Waals surface area (Å²) < 4.78 is 68.8. The number of ether oxygens (including phenoxy) is 1. The maximum absolute atomic E-state index is 12.9. The Morgan fingerprint density at radius 1 is 0.857 bits per heavy atom. The number of carbonyl (C=O) groups is 6. The molecule has 1 heterocycles. The molecule has 0 fully saturated rings. The molecule has 0 radical (unpaired) electrons. The zero-order chi connectivity index (χ0) is 38.4. The molecule has 0 saturated carbocycles. The fourth-order valence-electron chi connectivity index (χ4n) is 3.72. The van der Waals surface area contributed by atoms with Crippen LogP contribution in [-0.2, 0) is 30.5 Å². The Labute approximate surface area is 277 Å². The number of carboxylic acid groups (broad SMARTS) is 4. The SMILES string of the molecule is CC(C)[C@@H](C(=O)C[C@@H](CC(=O)O)C(=O)O)N(C)Cc1ccc(C(=O)Oc2ccc(C(=N)N)cc2)s1.O=C(O)C(F)(F)F.O=C(O)C(F)(F)F. The second-order valence-electron chi connectivity index (χ2n) is 10.1. The van der Waals surface area contributed by atoms with Crippen LogP contribution in [0.1, 0.15) is 46.8 Å². The van der Waals surface area contributed by atoms with Gasteiger partial charge >= 0.3 is 42.2 Å². The van der Waals surface area contributed by atoms with Gasteiger partial charge < -0.3 is 30.9 Å². The molecule has 0 aliphatic rings. The first-order chi connectivity index (χ1) is 22.3. The number of likely N-dealkylation sites (N-methyl/N-ethyl adjacent to an activating group) is 1. The van der Waals surface area contributed by atoms with Crippen LogP contribution >= 0.6 is 11.3 Å². The zero-order valence-electron chi connectivity index (χ0n) is 25.7. The van der Waals surface area contributed by atoms with Crippen LogP contribution in [0, 0.1) is 17.2 Å². The number of rotatable bonds is 13. The van der Waals surface area contributed by atoms with E-state index in [1.807, 2.05) is 13.8 Å². The van der Waals surface area contributed by atoms with E-state index in [4.69, 9.17) is 40.8 Å². The second kappa shape index (κ2) is 19.1. The lowest BCUT2D eigenvalue weighted by Gasteiger charge is -2.30. The Kier molecular flexibility index (Phi) is 17.1. The van der Waals surface area contributed by atoms with Gasteiger partial charge in [0.05, 0.1) is 18.4 Å². The highest BCUT2D eigenvalue weighted by atomic mass is 32.1. The number of Topliss-reactive ketones (excluding diaryl/α,β-unsaturated/α-hetero) is 1. The molecule has 0 unspecified atom stereocenters. The number of esters is 1. The molecular weight excluding hydrogens is 700 g/mol. The van der Waals surface area contributed by atoms with Crippen LogP contribution in [0.25, 0.3) is 0 Å². The molecular formula is C28H31F6N3O11S. The second-order valence-corrected chi connectivity index (χ2v) is 11.3. The molecule has 0 saturated heterocycles. The van der Waals surface area contributed by atoms with E-state index in [-0.39, 0.29) is 24.0 Å². The number of nitrogens with zero attached hydrogens (tertiary/aromatic N) is 1. The van der Waals surface area contributed by atoms with Gasteiger partial charge in [0.25, 0.3) is 0 Å². The molecule has 21 heteroatoms. The minimum atomic E-state index is -5.08. The Balaban J connectivity index is 0.00000137. The van der Waals surface area contributed by atoms with Crippen molar-refractivity contribution in [1.29, 1.82) is 5.41 Å². The minimum Gasteiger partial charge on any atom is -0.481 e. The lowest BCUT2D eigenvalue weighted by atomic mass is 9.90. The predicted molar refractivity (Wildman–Crippen MR) is 157 cm³/mol. The maximum atomic E-state index is 12.9. The van der Waals surface area contributed by atoms with Crippen molar-refractivity contribution in [2.75, 3.05) is 7.05 Å². The number of halogens is 6. The van der Waals surface area contributed by atoms with E-state index in [1.54, 1.807) is 48.3 Å². The summed E-state index contributed by atoms with van der Waals surface area (Å²) in [5.41, 5.74) is 5.93. The highest BCUT2D eigenvalue weighted by molar-refractivity contribution is 7.13.